The molecule has 0 atom stereocenters. The van der Waals surface area contributed by atoms with Crippen LogP contribution in [0, 0.1) is 11.5 Å². The number of ether oxygens (including phenoxy) is 1. The van der Waals surface area contributed by atoms with Crippen LogP contribution < -0.4 is 4.74 Å². The molecule has 29 heavy (non-hydrogen) atoms. The molecule has 0 unspecified atom stereocenters. The van der Waals surface area contributed by atoms with Crippen LogP contribution in [0.4, 0.5) is 13.2 Å². The van der Waals surface area contributed by atoms with Gasteiger partial charge in [-0.15, -0.1) is 5.54 Å². The maximum absolute atomic E-state index is 12.7. The monoisotopic (exact) mass is 414 g/mol. The highest BCUT2D eigenvalue weighted by Gasteiger charge is 2.30. The molecule has 0 saturated heterocycles. The molecule has 2 aromatic heterocycles. The third-order valence-corrected chi connectivity index (χ3v) is 4.41. The normalized spacial score (nSPS) is 11.5. The van der Waals surface area contributed by atoms with Gasteiger partial charge < -0.3 is 4.74 Å². The van der Waals surface area contributed by atoms with E-state index >= 15 is 0 Å². The highest BCUT2D eigenvalue weighted by atomic mass is 28.3. The largest absolute Gasteiger partial charge is 0.437 e. The van der Waals surface area contributed by atoms with Crippen LogP contribution in [0.3, 0.4) is 0 Å². The molecule has 0 aliphatic carbocycles. The van der Waals surface area contributed by atoms with Gasteiger partial charge in [-0.1, -0.05) is 19.6 Å². The minimum absolute atomic E-state index is 0.136. The van der Waals surface area contributed by atoms with Gasteiger partial charge in [-0.3, -0.25) is 0 Å². The molecule has 0 fully saturated rings. The maximum Gasteiger partial charge on any atom is 0.416 e. The SMILES string of the molecule is C[Si](C)(C)C#Cc1ncc(-c2nccnc2Oc2ccc(C(F)(F)F)cc2)cn1. The van der Waals surface area contributed by atoms with Gasteiger partial charge in [-0.25, -0.2) is 19.9 Å². The average Bonchev–Trinajstić information content (AvgIpc) is 2.66. The molecule has 0 aliphatic heterocycles. The Labute approximate surface area is 167 Å². The molecule has 0 radical (unpaired) electrons. The predicted octanol–water partition coefficient (Wildman–Crippen LogP) is 4.97. The van der Waals surface area contributed by atoms with Crippen LogP contribution in [-0.4, -0.2) is 28.0 Å². The van der Waals surface area contributed by atoms with Gasteiger partial charge in [0.15, 0.2) is 0 Å². The van der Waals surface area contributed by atoms with Crippen molar-refractivity contribution in [1.29, 1.82) is 0 Å². The molecule has 0 saturated carbocycles. The zero-order chi connectivity index (χ0) is 21.1. The Morgan fingerprint density at radius 1 is 0.897 bits per heavy atom. The lowest BCUT2D eigenvalue weighted by atomic mass is 10.2. The van der Waals surface area contributed by atoms with Gasteiger partial charge in [0.25, 0.3) is 0 Å². The van der Waals surface area contributed by atoms with Gasteiger partial charge in [0.2, 0.25) is 11.7 Å². The van der Waals surface area contributed by atoms with E-state index in [0.29, 0.717) is 17.1 Å². The van der Waals surface area contributed by atoms with E-state index in [1.807, 2.05) is 0 Å². The van der Waals surface area contributed by atoms with E-state index in [1.165, 1.54) is 24.5 Å². The van der Waals surface area contributed by atoms with Crippen molar-refractivity contribution in [2.45, 2.75) is 25.8 Å². The molecule has 0 bridgehead atoms. The van der Waals surface area contributed by atoms with Crippen LogP contribution in [-0.2, 0) is 6.18 Å². The summed E-state index contributed by atoms with van der Waals surface area (Å²) in [5.41, 5.74) is 3.36. The fourth-order valence-corrected chi connectivity index (χ4v) is 2.67. The van der Waals surface area contributed by atoms with Crippen molar-refractivity contribution in [3.05, 3.63) is 60.4 Å². The first-order chi connectivity index (χ1) is 13.6. The molecule has 9 heteroatoms. The Morgan fingerprint density at radius 2 is 1.52 bits per heavy atom. The van der Waals surface area contributed by atoms with Crippen LogP contribution >= 0.6 is 0 Å². The Kier molecular flexibility index (Phi) is 5.65. The Hall–Kier alpha value is -3.25. The first-order valence-corrected chi connectivity index (χ1v) is 12.1. The summed E-state index contributed by atoms with van der Waals surface area (Å²) in [6.45, 7) is 6.37. The van der Waals surface area contributed by atoms with Crippen molar-refractivity contribution in [2.75, 3.05) is 0 Å². The summed E-state index contributed by atoms with van der Waals surface area (Å²) in [7, 11) is -1.54. The minimum Gasteiger partial charge on any atom is -0.437 e. The molecule has 1 aromatic carbocycles. The van der Waals surface area contributed by atoms with Gasteiger partial charge in [0, 0.05) is 30.4 Å². The summed E-state index contributed by atoms with van der Waals surface area (Å²) in [5.74, 6) is 3.72. The summed E-state index contributed by atoms with van der Waals surface area (Å²) in [5, 5.41) is 0. The fraction of sp³-hybridized carbons (Fsp3) is 0.200. The lowest BCUT2D eigenvalue weighted by Gasteiger charge is -2.10. The molecule has 0 aliphatic rings. The molecule has 0 amide bonds. The van der Waals surface area contributed by atoms with E-state index in [4.69, 9.17) is 4.74 Å². The lowest BCUT2D eigenvalue weighted by molar-refractivity contribution is -0.137. The standard InChI is InChI=1S/C20H17F3N4OSi/c1-29(2,3)11-8-17-26-12-14(13-27-17)18-19(25-10-9-24-18)28-16-6-4-15(5-7-16)20(21,22)23/h4-7,9-10,12-13H,1-3H3. The number of aromatic nitrogens is 4. The van der Waals surface area contributed by atoms with Crippen molar-refractivity contribution in [3.8, 4) is 34.4 Å². The molecule has 148 valence electrons. The summed E-state index contributed by atoms with van der Waals surface area (Å²) < 4.78 is 43.7. The van der Waals surface area contributed by atoms with Crippen molar-refractivity contribution in [2.24, 2.45) is 0 Å². The molecule has 3 rings (SSSR count). The first kappa shape index (κ1) is 20.5. The van der Waals surface area contributed by atoms with Crippen molar-refractivity contribution in [1.82, 2.24) is 19.9 Å². The first-order valence-electron chi connectivity index (χ1n) is 8.63. The van der Waals surface area contributed by atoms with Gasteiger partial charge in [-0.2, -0.15) is 13.2 Å². The third-order valence-electron chi connectivity index (χ3n) is 3.54. The van der Waals surface area contributed by atoms with Crippen LogP contribution in [0.1, 0.15) is 11.4 Å². The zero-order valence-electron chi connectivity index (χ0n) is 15.9. The Bertz CT molecular complexity index is 1050. The van der Waals surface area contributed by atoms with Gasteiger partial charge in [0.05, 0.1) is 5.56 Å². The Morgan fingerprint density at radius 3 is 2.10 bits per heavy atom. The highest BCUT2D eigenvalue weighted by molar-refractivity contribution is 6.83. The molecule has 0 N–H and O–H groups in total. The van der Waals surface area contributed by atoms with E-state index in [1.54, 1.807) is 12.4 Å². The molecular weight excluding hydrogens is 397 g/mol. The zero-order valence-corrected chi connectivity index (χ0v) is 16.9. The van der Waals surface area contributed by atoms with E-state index in [9.17, 15) is 13.2 Å². The molecule has 0 spiro atoms. The number of nitrogens with zero attached hydrogens (tertiary/aromatic N) is 4. The molecule has 5 nitrogen and oxygen atoms in total. The second-order valence-corrected chi connectivity index (χ2v) is 11.9. The smallest absolute Gasteiger partial charge is 0.416 e. The van der Waals surface area contributed by atoms with E-state index in [0.717, 1.165) is 12.1 Å². The molecule has 2 heterocycles. The predicted molar refractivity (Wildman–Crippen MR) is 105 cm³/mol. The van der Waals surface area contributed by atoms with Crippen LogP contribution in [0.5, 0.6) is 11.6 Å². The second-order valence-electron chi connectivity index (χ2n) is 7.13. The van der Waals surface area contributed by atoms with Crippen LogP contribution in [0.15, 0.2) is 49.1 Å². The number of rotatable bonds is 3. The van der Waals surface area contributed by atoms with E-state index in [2.05, 4.69) is 51.0 Å². The van der Waals surface area contributed by atoms with Crippen LogP contribution in [0.2, 0.25) is 19.6 Å². The Balaban J connectivity index is 1.84. The van der Waals surface area contributed by atoms with Gasteiger partial charge >= 0.3 is 6.18 Å². The highest BCUT2D eigenvalue weighted by Crippen LogP contribution is 2.32. The fourth-order valence-electron chi connectivity index (χ4n) is 2.18. The summed E-state index contributed by atoms with van der Waals surface area (Å²) in [4.78, 5) is 16.8. The van der Waals surface area contributed by atoms with Crippen molar-refractivity contribution >= 4 is 8.07 Å². The number of halogens is 3. The lowest BCUT2D eigenvalue weighted by Crippen LogP contribution is -2.16. The molecule has 3 aromatic rings. The van der Waals surface area contributed by atoms with E-state index in [-0.39, 0.29) is 11.6 Å². The average molecular weight is 414 g/mol. The maximum atomic E-state index is 12.7. The van der Waals surface area contributed by atoms with Crippen molar-refractivity contribution in [3.63, 3.8) is 0 Å². The summed E-state index contributed by atoms with van der Waals surface area (Å²) in [6.07, 6.45) is 1.62. The van der Waals surface area contributed by atoms with Gasteiger partial charge in [0.1, 0.15) is 19.5 Å². The number of hydrogen-bond donors (Lipinski definition) is 0. The quantitative estimate of drug-likeness (QED) is 0.447. The number of benzene rings is 1. The molecular formula is C20H17F3N4OSi. The summed E-state index contributed by atoms with van der Waals surface area (Å²) >= 11 is 0. The minimum atomic E-state index is -4.41. The third kappa shape index (κ3) is 5.62. The second kappa shape index (κ2) is 8.01. The van der Waals surface area contributed by atoms with E-state index < -0.39 is 19.8 Å². The number of hydrogen-bond acceptors (Lipinski definition) is 5. The van der Waals surface area contributed by atoms with Gasteiger partial charge in [-0.05, 0) is 30.2 Å². The number of alkyl halides is 3. The summed E-state index contributed by atoms with van der Waals surface area (Å²) in [6, 6.07) is 4.35. The van der Waals surface area contributed by atoms with Crippen molar-refractivity contribution < 1.29 is 17.9 Å². The van der Waals surface area contributed by atoms with Crippen LogP contribution in [0.25, 0.3) is 11.3 Å². The topological polar surface area (TPSA) is 60.8 Å².